The van der Waals surface area contributed by atoms with E-state index in [0.717, 1.165) is 5.82 Å². The number of hydrogen-bond acceptors (Lipinski definition) is 4. The van der Waals surface area contributed by atoms with Gasteiger partial charge in [-0.1, -0.05) is 53.2 Å². The molecule has 0 saturated heterocycles. The number of nitrogens with zero attached hydrogens (tertiary/aromatic N) is 4. The fraction of sp³-hybridized carbons (Fsp3) is 0.105. The highest BCUT2D eigenvalue weighted by molar-refractivity contribution is 7.98. The summed E-state index contributed by atoms with van der Waals surface area (Å²) in [7, 11) is 1.85. The average molecular weight is 417 g/mol. The SMILES string of the molecule is Cn1c(Cl)cnc1CSc1nc2ccccc2c(=O)n1-c1cccc(Cl)c1. The first-order valence-corrected chi connectivity index (χ1v) is 9.85. The zero-order chi connectivity index (χ0) is 19.0. The molecular weight excluding hydrogens is 403 g/mol. The van der Waals surface area contributed by atoms with E-state index in [1.165, 1.54) is 11.8 Å². The van der Waals surface area contributed by atoms with E-state index >= 15 is 0 Å². The Morgan fingerprint density at radius 3 is 2.67 bits per heavy atom. The normalized spacial score (nSPS) is 11.2. The molecule has 0 N–H and O–H groups in total. The quantitative estimate of drug-likeness (QED) is 0.356. The molecule has 2 heterocycles. The van der Waals surface area contributed by atoms with Gasteiger partial charge in [0.2, 0.25) is 0 Å². The first-order valence-electron chi connectivity index (χ1n) is 8.11. The molecule has 0 bridgehead atoms. The van der Waals surface area contributed by atoms with Crippen LogP contribution in [0.5, 0.6) is 0 Å². The van der Waals surface area contributed by atoms with Crippen LogP contribution in [0.1, 0.15) is 5.82 Å². The van der Waals surface area contributed by atoms with Gasteiger partial charge in [0.05, 0.1) is 28.5 Å². The Hall–Kier alpha value is -2.28. The van der Waals surface area contributed by atoms with Crippen molar-refractivity contribution in [2.75, 3.05) is 0 Å². The van der Waals surface area contributed by atoms with E-state index in [-0.39, 0.29) is 5.56 Å². The maximum Gasteiger partial charge on any atom is 0.266 e. The molecule has 0 radical (unpaired) electrons. The summed E-state index contributed by atoms with van der Waals surface area (Å²) in [5, 5.41) is 2.24. The van der Waals surface area contributed by atoms with Gasteiger partial charge >= 0.3 is 0 Å². The van der Waals surface area contributed by atoms with E-state index in [0.29, 0.717) is 37.7 Å². The van der Waals surface area contributed by atoms with Crippen molar-refractivity contribution in [1.29, 1.82) is 0 Å². The maximum absolute atomic E-state index is 13.2. The van der Waals surface area contributed by atoms with Crippen molar-refractivity contribution in [2.45, 2.75) is 10.9 Å². The largest absolute Gasteiger partial charge is 0.322 e. The van der Waals surface area contributed by atoms with E-state index in [2.05, 4.69) is 4.98 Å². The van der Waals surface area contributed by atoms with Crippen LogP contribution in [0.3, 0.4) is 0 Å². The van der Waals surface area contributed by atoms with Crippen molar-refractivity contribution >= 4 is 45.9 Å². The van der Waals surface area contributed by atoms with Crippen molar-refractivity contribution in [3.63, 3.8) is 0 Å². The Morgan fingerprint density at radius 2 is 1.93 bits per heavy atom. The fourth-order valence-electron chi connectivity index (χ4n) is 2.74. The highest BCUT2D eigenvalue weighted by Crippen LogP contribution is 2.26. The van der Waals surface area contributed by atoms with Crippen LogP contribution in [-0.2, 0) is 12.8 Å². The van der Waals surface area contributed by atoms with E-state index in [1.807, 2.05) is 37.4 Å². The minimum atomic E-state index is -0.136. The smallest absolute Gasteiger partial charge is 0.266 e. The van der Waals surface area contributed by atoms with Gasteiger partial charge in [0.25, 0.3) is 5.56 Å². The van der Waals surface area contributed by atoms with Crippen molar-refractivity contribution in [1.82, 2.24) is 19.1 Å². The lowest BCUT2D eigenvalue weighted by molar-refractivity contribution is 0.812. The molecule has 2 aromatic heterocycles. The third-order valence-electron chi connectivity index (χ3n) is 4.17. The van der Waals surface area contributed by atoms with Gasteiger partial charge in [-0.15, -0.1) is 0 Å². The lowest BCUT2D eigenvalue weighted by Gasteiger charge is -2.13. The molecule has 0 saturated carbocycles. The van der Waals surface area contributed by atoms with Gasteiger partial charge in [0.15, 0.2) is 5.16 Å². The first kappa shape index (κ1) is 18.1. The van der Waals surface area contributed by atoms with Crippen molar-refractivity contribution in [3.8, 4) is 5.69 Å². The van der Waals surface area contributed by atoms with E-state index in [9.17, 15) is 4.79 Å². The summed E-state index contributed by atoms with van der Waals surface area (Å²) in [6.45, 7) is 0. The van der Waals surface area contributed by atoms with Gasteiger partial charge in [-0.2, -0.15) is 0 Å². The Morgan fingerprint density at radius 1 is 1.11 bits per heavy atom. The van der Waals surface area contributed by atoms with E-state index < -0.39 is 0 Å². The van der Waals surface area contributed by atoms with Crippen LogP contribution in [0.2, 0.25) is 10.2 Å². The number of halogens is 2. The summed E-state index contributed by atoms with van der Waals surface area (Å²) >= 11 is 13.6. The van der Waals surface area contributed by atoms with Crippen LogP contribution in [0.25, 0.3) is 16.6 Å². The lowest BCUT2D eigenvalue weighted by atomic mass is 10.2. The van der Waals surface area contributed by atoms with Crippen molar-refractivity contribution in [3.05, 3.63) is 81.1 Å². The highest BCUT2D eigenvalue weighted by Gasteiger charge is 2.15. The number of fused-ring (bicyclic) bond motifs is 1. The summed E-state index contributed by atoms with van der Waals surface area (Å²) in [5.74, 6) is 1.32. The molecule has 0 unspecified atom stereocenters. The Kier molecular flexibility index (Phi) is 4.95. The molecule has 0 atom stereocenters. The predicted octanol–water partition coefficient (Wildman–Crippen LogP) is 4.72. The number of aromatic nitrogens is 4. The standard InChI is InChI=1S/C19H14Cl2N4OS/c1-24-16(21)10-22-17(24)11-27-19-23-15-8-3-2-7-14(15)18(26)25(19)13-6-4-5-12(20)9-13/h2-10H,11H2,1H3. The Bertz CT molecular complexity index is 1200. The summed E-state index contributed by atoms with van der Waals surface area (Å²) < 4.78 is 3.39. The lowest BCUT2D eigenvalue weighted by Crippen LogP contribution is -2.21. The van der Waals surface area contributed by atoms with Crippen LogP contribution in [0, 0.1) is 0 Å². The molecule has 8 heteroatoms. The van der Waals surface area contributed by atoms with Crippen LogP contribution < -0.4 is 5.56 Å². The topological polar surface area (TPSA) is 52.7 Å². The molecule has 0 aliphatic rings. The minimum Gasteiger partial charge on any atom is -0.322 e. The van der Waals surface area contributed by atoms with Gasteiger partial charge < -0.3 is 4.57 Å². The molecule has 0 aliphatic carbocycles. The second-order valence-corrected chi connectivity index (χ2v) is 7.64. The number of rotatable bonds is 4. The number of benzene rings is 2. The molecule has 2 aromatic carbocycles. The third-order valence-corrected chi connectivity index (χ3v) is 5.69. The van der Waals surface area contributed by atoms with Crippen LogP contribution in [0.15, 0.2) is 64.7 Å². The van der Waals surface area contributed by atoms with Crippen molar-refractivity contribution in [2.24, 2.45) is 7.05 Å². The molecule has 27 heavy (non-hydrogen) atoms. The van der Waals surface area contributed by atoms with Gasteiger partial charge in [-0.25, -0.2) is 9.97 Å². The van der Waals surface area contributed by atoms with E-state index in [1.54, 1.807) is 33.5 Å². The van der Waals surface area contributed by atoms with Crippen LogP contribution in [0.4, 0.5) is 0 Å². The molecule has 0 amide bonds. The maximum atomic E-state index is 13.2. The number of hydrogen-bond donors (Lipinski definition) is 0. The molecule has 0 fully saturated rings. The molecular formula is C19H14Cl2N4OS. The number of para-hydroxylation sites is 1. The number of imidazole rings is 1. The number of thioether (sulfide) groups is 1. The molecule has 0 spiro atoms. The summed E-state index contributed by atoms with van der Waals surface area (Å²) in [4.78, 5) is 22.2. The average Bonchev–Trinajstić information content (AvgIpc) is 2.98. The van der Waals surface area contributed by atoms with Gasteiger partial charge in [0, 0.05) is 12.1 Å². The monoisotopic (exact) mass is 416 g/mol. The third kappa shape index (κ3) is 3.48. The van der Waals surface area contributed by atoms with Gasteiger partial charge in [0.1, 0.15) is 11.0 Å². The minimum absolute atomic E-state index is 0.136. The summed E-state index contributed by atoms with van der Waals surface area (Å²) in [6, 6.07) is 14.5. The second kappa shape index (κ2) is 7.38. The molecule has 136 valence electrons. The van der Waals surface area contributed by atoms with Crippen molar-refractivity contribution < 1.29 is 0 Å². The Balaban J connectivity index is 1.86. The van der Waals surface area contributed by atoms with Gasteiger partial charge in [-0.05, 0) is 30.3 Å². The highest BCUT2D eigenvalue weighted by atomic mass is 35.5. The first-order chi connectivity index (χ1) is 13.0. The summed E-state index contributed by atoms with van der Waals surface area (Å²) in [6.07, 6.45) is 1.61. The Labute approximate surface area is 169 Å². The molecule has 0 aliphatic heterocycles. The van der Waals surface area contributed by atoms with Gasteiger partial charge in [-0.3, -0.25) is 9.36 Å². The zero-order valence-corrected chi connectivity index (χ0v) is 16.6. The molecule has 5 nitrogen and oxygen atoms in total. The molecule has 4 aromatic rings. The zero-order valence-electron chi connectivity index (χ0n) is 14.3. The van der Waals surface area contributed by atoms with Crippen LogP contribution >= 0.6 is 35.0 Å². The second-order valence-electron chi connectivity index (χ2n) is 5.88. The fourth-order valence-corrected chi connectivity index (χ4v) is 4.08. The molecule has 4 rings (SSSR count). The van der Waals surface area contributed by atoms with Crippen LogP contribution in [-0.4, -0.2) is 19.1 Å². The van der Waals surface area contributed by atoms with E-state index in [4.69, 9.17) is 28.2 Å². The predicted molar refractivity (Wildman–Crippen MR) is 110 cm³/mol. The summed E-state index contributed by atoms with van der Waals surface area (Å²) in [5.41, 5.74) is 1.19.